The van der Waals surface area contributed by atoms with E-state index in [0.29, 0.717) is 10.9 Å². The average Bonchev–Trinajstić information content (AvgIpc) is 2.42. The Labute approximate surface area is 118 Å². The van der Waals surface area contributed by atoms with Gasteiger partial charge in [-0.15, -0.1) is 11.8 Å². The summed E-state index contributed by atoms with van der Waals surface area (Å²) in [7, 11) is 0. The van der Waals surface area contributed by atoms with Gasteiger partial charge in [0, 0.05) is 22.7 Å². The number of thioether (sulfide) groups is 1. The summed E-state index contributed by atoms with van der Waals surface area (Å²) in [6.07, 6.45) is 6.43. The van der Waals surface area contributed by atoms with Gasteiger partial charge >= 0.3 is 0 Å². The van der Waals surface area contributed by atoms with Crippen LogP contribution in [-0.2, 0) is 0 Å². The van der Waals surface area contributed by atoms with Crippen LogP contribution < -0.4 is 5.32 Å². The third-order valence-corrected chi connectivity index (χ3v) is 4.66. The molecule has 1 N–H and O–H groups in total. The van der Waals surface area contributed by atoms with Crippen molar-refractivity contribution in [3.63, 3.8) is 0 Å². The predicted molar refractivity (Wildman–Crippen MR) is 76.6 cm³/mol. The Hall–Kier alpha value is -0.610. The van der Waals surface area contributed by atoms with Gasteiger partial charge in [0.05, 0.1) is 0 Å². The molecule has 0 amide bonds. The summed E-state index contributed by atoms with van der Waals surface area (Å²) in [5.74, 6) is -0.716. The van der Waals surface area contributed by atoms with E-state index in [1.165, 1.54) is 56.0 Å². The van der Waals surface area contributed by atoms with Crippen LogP contribution >= 0.6 is 11.8 Å². The minimum Gasteiger partial charge on any atom is -0.313 e. The van der Waals surface area contributed by atoms with E-state index in [1.54, 1.807) is 0 Å². The second-order valence-electron chi connectivity index (χ2n) is 5.25. The third-order valence-electron chi connectivity index (χ3n) is 3.52. The highest BCUT2D eigenvalue weighted by Gasteiger charge is 2.15. The molecule has 1 aliphatic carbocycles. The fraction of sp³-hybridized carbons (Fsp3) is 0.600. The molecule has 1 nitrogen and oxygen atoms in total. The number of hydrogen-bond acceptors (Lipinski definition) is 2. The molecular formula is C15H21F2NS. The molecule has 0 spiro atoms. The van der Waals surface area contributed by atoms with Gasteiger partial charge in [-0.3, -0.25) is 0 Å². The van der Waals surface area contributed by atoms with Crippen molar-refractivity contribution in [3.8, 4) is 0 Å². The average molecular weight is 285 g/mol. The molecule has 1 aromatic rings. The van der Waals surface area contributed by atoms with Crippen molar-refractivity contribution in [2.24, 2.45) is 0 Å². The number of benzene rings is 1. The minimum atomic E-state index is -0.378. The maximum absolute atomic E-state index is 13.5. The maximum Gasteiger partial charge on any atom is 0.136 e. The van der Waals surface area contributed by atoms with Crippen LogP contribution in [0.15, 0.2) is 23.1 Å². The van der Waals surface area contributed by atoms with Gasteiger partial charge in [-0.05, 0) is 31.0 Å². The Morgan fingerprint density at radius 2 is 2.00 bits per heavy atom. The van der Waals surface area contributed by atoms with E-state index in [1.807, 2.05) is 6.92 Å². The molecule has 106 valence electrons. The zero-order valence-corrected chi connectivity index (χ0v) is 12.1. The Bertz CT molecular complexity index is 405. The van der Waals surface area contributed by atoms with Crippen molar-refractivity contribution >= 4 is 11.8 Å². The van der Waals surface area contributed by atoms with E-state index < -0.39 is 0 Å². The quantitative estimate of drug-likeness (QED) is 0.806. The van der Waals surface area contributed by atoms with E-state index >= 15 is 0 Å². The fourth-order valence-corrected chi connectivity index (χ4v) is 3.44. The summed E-state index contributed by atoms with van der Waals surface area (Å²) in [5, 5.41) is 3.77. The molecule has 4 heteroatoms. The first-order valence-corrected chi connectivity index (χ1v) is 7.88. The zero-order valence-electron chi connectivity index (χ0n) is 11.3. The summed E-state index contributed by atoms with van der Waals surface area (Å²) in [5.41, 5.74) is 0. The Morgan fingerprint density at radius 3 is 2.74 bits per heavy atom. The van der Waals surface area contributed by atoms with Gasteiger partial charge in [0.25, 0.3) is 0 Å². The summed E-state index contributed by atoms with van der Waals surface area (Å²) in [6, 6.07) is 4.23. The summed E-state index contributed by atoms with van der Waals surface area (Å²) in [4.78, 5) is 0.401. The lowest BCUT2D eigenvalue weighted by Crippen LogP contribution is -2.35. The molecule has 1 unspecified atom stereocenters. The molecule has 19 heavy (non-hydrogen) atoms. The van der Waals surface area contributed by atoms with Crippen molar-refractivity contribution < 1.29 is 8.78 Å². The molecule has 1 atom stereocenters. The van der Waals surface area contributed by atoms with Crippen LogP contribution in [0.1, 0.15) is 39.0 Å². The predicted octanol–water partition coefficient (Wildman–Crippen LogP) is 4.37. The van der Waals surface area contributed by atoms with E-state index in [-0.39, 0.29) is 16.9 Å². The smallest absolute Gasteiger partial charge is 0.136 e. The van der Waals surface area contributed by atoms with E-state index in [4.69, 9.17) is 0 Å². The van der Waals surface area contributed by atoms with Crippen molar-refractivity contribution in [3.05, 3.63) is 29.8 Å². The monoisotopic (exact) mass is 285 g/mol. The summed E-state index contributed by atoms with van der Waals surface area (Å²) >= 11 is 1.40. The lowest BCUT2D eigenvalue weighted by atomic mass is 9.95. The lowest BCUT2D eigenvalue weighted by molar-refractivity contribution is 0.375. The van der Waals surface area contributed by atoms with Crippen molar-refractivity contribution in [1.29, 1.82) is 0 Å². The van der Waals surface area contributed by atoms with Crippen LogP contribution in [0.25, 0.3) is 0 Å². The van der Waals surface area contributed by atoms with Gasteiger partial charge in [0.15, 0.2) is 0 Å². The SMILES string of the molecule is CC(CNC1CCCCC1)Sc1cc(F)ccc1F. The number of nitrogens with one attached hydrogen (secondary N) is 1. The highest BCUT2D eigenvalue weighted by Crippen LogP contribution is 2.27. The Morgan fingerprint density at radius 1 is 1.26 bits per heavy atom. The van der Waals surface area contributed by atoms with Gasteiger partial charge in [-0.1, -0.05) is 26.2 Å². The second kappa shape index (κ2) is 7.25. The Balaban J connectivity index is 1.80. The van der Waals surface area contributed by atoms with E-state index in [9.17, 15) is 8.78 Å². The van der Waals surface area contributed by atoms with Crippen molar-refractivity contribution in [2.75, 3.05) is 6.54 Å². The second-order valence-corrected chi connectivity index (χ2v) is 6.73. The highest BCUT2D eigenvalue weighted by atomic mass is 32.2. The van der Waals surface area contributed by atoms with Gasteiger partial charge in [-0.25, -0.2) is 8.78 Å². The molecule has 0 radical (unpaired) electrons. The molecule has 1 aromatic carbocycles. The molecule has 0 bridgehead atoms. The van der Waals surface area contributed by atoms with Crippen LogP contribution in [-0.4, -0.2) is 17.8 Å². The molecular weight excluding hydrogens is 264 g/mol. The summed E-state index contributed by atoms with van der Waals surface area (Å²) in [6.45, 7) is 2.89. The third kappa shape index (κ3) is 4.77. The fourth-order valence-electron chi connectivity index (χ4n) is 2.47. The van der Waals surface area contributed by atoms with Gasteiger partial charge in [-0.2, -0.15) is 0 Å². The first kappa shape index (κ1) is 14.8. The first-order valence-electron chi connectivity index (χ1n) is 7.00. The minimum absolute atomic E-state index is 0.234. The van der Waals surface area contributed by atoms with Crippen LogP contribution in [0.5, 0.6) is 0 Å². The molecule has 0 saturated heterocycles. The number of rotatable bonds is 5. The number of hydrogen-bond donors (Lipinski definition) is 1. The molecule has 0 aromatic heterocycles. The van der Waals surface area contributed by atoms with Crippen molar-refractivity contribution in [1.82, 2.24) is 5.32 Å². The van der Waals surface area contributed by atoms with E-state index in [2.05, 4.69) is 5.32 Å². The zero-order chi connectivity index (χ0) is 13.7. The largest absolute Gasteiger partial charge is 0.313 e. The van der Waals surface area contributed by atoms with Gasteiger partial charge in [0.1, 0.15) is 11.6 Å². The lowest BCUT2D eigenvalue weighted by Gasteiger charge is -2.24. The van der Waals surface area contributed by atoms with Crippen LogP contribution in [0.3, 0.4) is 0 Å². The first-order chi connectivity index (χ1) is 9.15. The molecule has 2 rings (SSSR count). The molecule has 0 heterocycles. The van der Waals surface area contributed by atoms with Crippen LogP contribution in [0.4, 0.5) is 8.78 Å². The van der Waals surface area contributed by atoms with Crippen LogP contribution in [0.2, 0.25) is 0 Å². The molecule has 1 fully saturated rings. The van der Waals surface area contributed by atoms with Gasteiger partial charge in [0.2, 0.25) is 0 Å². The Kier molecular flexibility index (Phi) is 5.64. The van der Waals surface area contributed by atoms with Crippen molar-refractivity contribution in [2.45, 2.75) is 55.2 Å². The highest BCUT2D eigenvalue weighted by molar-refractivity contribution is 8.00. The molecule has 1 aliphatic rings. The van der Waals surface area contributed by atoms with E-state index in [0.717, 1.165) is 12.6 Å². The molecule has 1 saturated carbocycles. The molecule has 0 aliphatic heterocycles. The van der Waals surface area contributed by atoms with Gasteiger partial charge < -0.3 is 5.32 Å². The topological polar surface area (TPSA) is 12.0 Å². The standard InChI is InChI=1S/C15H21F2NS/c1-11(10-18-13-5-3-2-4-6-13)19-15-9-12(16)7-8-14(15)17/h7-9,11,13,18H,2-6,10H2,1H3. The summed E-state index contributed by atoms with van der Waals surface area (Å²) < 4.78 is 26.6. The number of halogens is 2. The van der Waals surface area contributed by atoms with Crippen LogP contribution in [0, 0.1) is 11.6 Å². The maximum atomic E-state index is 13.5. The normalized spacial score (nSPS) is 18.5.